The molecule has 4 aromatic rings. The number of ether oxygens (including phenoxy) is 1. The first-order valence-corrected chi connectivity index (χ1v) is 18.5. The van der Waals surface area contributed by atoms with Crippen molar-refractivity contribution in [2.75, 3.05) is 18.0 Å². The molecular formula is C37H39BrN4O7S. The number of aryl methyl sites for hydroxylation is 1. The lowest BCUT2D eigenvalue weighted by molar-refractivity contribution is -0.385. The van der Waals surface area contributed by atoms with Crippen molar-refractivity contribution in [2.45, 2.75) is 62.6 Å². The highest BCUT2D eigenvalue weighted by Gasteiger charge is 2.36. The van der Waals surface area contributed by atoms with Gasteiger partial charge in [-0.25, -0.2) is 8.42 Å². The van der Waals surface area contributed by atoms with Crippen molar-refractivity contribution in [3.63, 3.8) is 0 Å². The van der Waals surface area contributed by atoms with Crippen molar-refractivity contribution in [1.82, 2.24) is 10.2 Å². The lowest BCUT2D eigenvalue weighted by Gasteiger charge is -2.34. The van der Waals surface area contributed by atoms with Crippen LogP contribution in [0.25, 0.3) is 0 Å². The Morgan fingerprint density at radius 3 is 2.24 bits per heavy atom. The summed E-state index contributed by atoms with van der Waals surface area (Å²) >= 11 is 3.45. The molecular weight excluding hydrogens is 724 g/mol. The molecule has 2 amide bonds. The minimum absolute atomic E-state index is 0.0149. The maximum atomic E-state index is 14.7. The summed E-state index contributed by atoms with van der Waals surface area (Å²) in [7, 11) is -3.07. The molecule has 1 atom stereocenters. The molecule has 1 aliphatic carbocycles. The zero-order chi connectivity index (χ0) is 35.8. The number of hydrogen-bond acceptors (Lipinski definition) is 7. The number of methoxy groups -OCH3 is 1. The van der Waals surface area contributed by atoms with Crippen LogP contribution in [0.4, 0.5) is 11.4 Å². The number of sulfonamides is 1. The van der Waals surface area contributed by atoms with E-state index >= 15 is 0 Å². The number of hydrogen-bond donors (Lipinski definition) is 1. The number of nitrogens with one attached hydrogen (secondary N) is 1. The van der Waals surface area contributed by atoms with E-state index in [0.717, 1.165) is 51.7 Å². The molecule has 4 aromatic carbocycles. The van der Waals surface area contributed by atoms with Crippen LogP contribution in [-0.2, 0) is 32.6 Å². The van der Waals surface area contributed by atoms with E-state index in [1.165, 1.54) is 43.2 Å². The standard InChI is InChI=1S/C37H39BrN4O7S/c1-26-12-21-33(23-34(26)42(45)46)50(47,48)41(31-17-19-32(49-2)20-18-31)25-36(43)40(24-28-13-15-29(38)16-14-28)35(22-27-8-4-3-5-9-27)37(44)39-30-10-6-7-11-30/h3-5,8-9,12-21,23,30,35H,6-7,10-11,22,24-25H2,1-2H3,(H,39,44). The summed E-state index contributed by atoms with van der Waals surface area (Å²) in [6.07, 6.45) is 3.89. The predicted molar refractivity (Wildman–Crippen MR) is 194 cm³/mol. The van der Waals surface area contributed by atoms with E-state index in [2.05, 4.69) is 21.2 Å². The molecule has 50 heavy (non-hydrogen) atoms. The Bertz CT molecular complexity index is 1920. The molecule has 1 aliphatic rings. The number of halogens is 1. The monoisotopic (exact) mass is 762 g/mol. The fourth-order valence-electron chi connectivity index (χ4n) is 6.06. The van der Waals surface area contributed by atoms with Gasteiger partial charge in [0.05, 0.1) is 22.6 Å². The topological polar surface area (TPSA) is 139 Å². The van der Waals surface area contributed by atoms with E-state index in [1.807, 2.05) is 54.6 Å². The van der Waals surface area contributed by atoms with E-state index in [9.17, 15) is 28.1 Å². The van der Waals surface area contributed by atoms with Gasteiger partial charge < -0.3 is 15.0 Å². The highest BCUT2D eigenvalue weighted by molar-refractivity contribution is 9.10. The number of rotatable bonds is 14. The highest BCUT2D eigenvalue weighted by Crippen LogP contribution is 2.30. The third kappa shape index (κ3) is 8.88. The van der Waals surface area contributed by atoms with Crippen molar-refractivity contribution in [3.05, 3.63) is 128 Å². The second kappa shape index (κ2) is 16.3. The van der Waals surface area contributed by atoms with Gasteiger partial charge in [-0.05, 0) is 73.4 Å². The zero-order valence-corrected chi connectivity index (χ0v) is 30.2. The molecule has 0 bridgehead atoms. The summed E-state index contributed by atoms with van der Waals surface area (Å²) in [5.41, 5.74) is 1.63. The van der Waals surface area contributed by atoms with Gasteiger partial charge in [-0.3, -0.25) is 24.0 Å². The van der Waals surface area contributed by atoms with Crippen LogP contribution in [-0.4, -0.2) is 55.8 Å². The number of carbonyl (C=O) groups excluding carboxylic acids is 2. The predicted octanol–water partition coefficient (Wildman–Crippen LogP) is 6.57. The van der Waals surface area contributed by atoms with Gasteiger partial charge in [-0.1, -0.05) is 77.3 Å². The molecule has 262 valence electrons. The molecule has 11 nitrogen and oxygen atoms in total. The molecule has 1 unspecified atom stereocenters. The van der Waals surface area contributed by atoms with Gasteiger partial charge in [-0.15, -0.1) is 0 Å². The molecule has 13 heteroatoms. The number of carbonyl (C=O) groups is 2. The first-order valence-electron chi connectivity index (χ1n) is 16.3. The Morgan fingerprint density at radius 2 is 1.62 bits per heavy atom. The van der Waals surface area contributed by atoms with Crippen LogP contribution in [0.15, 0.2) is 106 Å². The summed E-state index contributed by atoms with van der Waals surface area (Å²) in [6.45, 7) is 0.853. The largest absolute Gasteiger partial charge is 0.497 e. The fraction of sp³-hybridized carbons (Fsp3) is 0.297. The first-order chi connectivity index (χ1) is 24.0. The van der Waals surface area contributed by atoms with Crippen molar-refractivity contribution >= 4 is 49.1 Å². The van der Waals surface area contributed by atoms with Crippen LogP contribution in [0.1, 0.15) is 42.4 Å². The molecule has 1 saturated carbocycles. The molecule has 1 N–H and O–H groups in total. The van der Waals surface area contributed by atoms with Crippen LogP contribution < -0.4 is 14.4 Å². The Labute approximate surface area is 300 Å². The summed E-state index contributed by atoms with van der Waals surface area (Å²) in [4.78, 5) is 41.1. The molecule has 5 rings (SSSR count). The van der Waals surface area contributed by atoms with Gasteiger partial charge in [-0.2, -0.15) is 0 Å². The molecule has 1 fully saturated rings. The van der Waals surface area contributed by atoms with Crippen LogP contribution in [0.5, 0.6) is 5.75 Å². The van der Waals surface area contributed by atoms with E-state index < -0.39 is 33.4 Å². The zero-order valence-electron chi connectivity index (χ0n) is 27.8. The smallest absolute Gasteiger partial charge is 0.273 e. The molecule has 0 spiro atoms. The average Bonchev–Trinajstić information content (AvgIpc) is 3.63. The lowest BCUT2D eigenvalue weighted by atomic mass is 10.0. The fourth-order valence-corrected chi connectivity index (χ4v) is 7.76. The first kappa shape index (κ1) is 36.5. The van der Waals surface area contributed by atoms with Crippen molar-refractivity contribution in [1.29, 1.82) is 0 Å². The normalized spacial score (nSPS) is 13.7. The number of benzene rings is 4. The third-order valence-electron chi connectivity index (χ3n) is 8.84. The van der Waals surface area contributed by atoms with Crippen LogP contribution >= 0.6 is 15.9 Å². The number of nitrogens with zero attached hydrogens (tertiary/aromatic N) is 3. The molecule has 0 heterocycles. The minimum atomic E-state index is -4.54. The van der Waals surface area contributed by atoms with E-state index in [0.29, 0.717) is 11.3 Å². The summed E-state index contributed by atoms with van der Waals surface area (Å²) in [6, 6.07) is 25.5. The van der Waals surface area contributed by atoms with E-state index in [-0.39, 0.29) is 41.2 Å². The highest BCUT2D eigenvalue weighted by atomic mass is 79.9. The summed E-state index contributed by atoms with van der Waals surface area (Å²) < 4.78 is 35.8. The van der Waals surface area contributed by atoms with E-state index in [1.54, 1.807) is 12.1 Å². The Balaban J connectivity index is 1.59. The van der Waals surface area contributed by atoms with Gasteiger partial charge in [0.25, 0.3) is 15.7 Å². The number of anilines is 1. The Kier molecular flexibility index (Phi) is 11.9. The second-order valence-electron chi connectivity index (χ2n) is 12.3. The number of amides is 2. The SMILES string of the molecule is COc1ccc(N(CC(=O)N(Cc2ccc(Br)cc2)C(Cc2ccccc2)C(=O)NC2CCCC2)S(=O)(=O)c2ccc(C)c([N+](=O)[O-])c2)cc1. The number of nitro benzene ring substituents is 1. The van der Waals surface area contributed by atoms with Gasteiger partial charge in [0.15, 0.2) is 0 Å². The molecule has 0 saturated heterocycles. The minimum Gasteiger partial charge on any atom is -0.497 e. The van der Waals surface area contributed by atoms with Crippen LogP contribution in [0.2, 0.25) is 0 Å². The maximum absolute atomic E-state index is 14.7. The Morgan fingerprint density at radius 1 is 0.960 bits per heavy atom. The number of nitro groups is 1. The average molecular weight is 764 g/mol. The van der Waals surface area contributed by atoms with E-state index in [4.69, 9.17) is 4.74 Å². The van der Waals surface area contributed by atoms with Crippen LogP contribution in [0, 0.1) is 17.0 Å². The summed E-state index contributed by atoms with van der Waals surface area (Å²) in [5, 5.41) is 14.9. The molecule has 0 aliphatic heterocycles. The Hall–Kier alpha value is -4.75. The van der Waals surface area contributed by atoms with Crippen molar-refractivity contribution in [2.24, 2.45) is 0 Å². The lowest BCUT2D eigenvalue weighted by Crippen LogP contribution is -2.54. The van der Waals surface area contributed by atoms with Gasteiger partial charge in [0, 0.05) is 35.1 Å². The summed E-state index contributed by atoms with van der Waals surface area (Å²) in [5.74, 6) is -0.484. The molecule has 0 radical (unpaired) electrons. The van der Waals surface area contributed by atoms with Gasteiger partial charge in [0.2, 0.25) is 11.8 Å². The quantitative estimate of drug-likeness (QED) is 0.113. The van der Waals surface area contributed by atoms with Crippen molar-refractivity contribution < 1.29 is 27.7 Å². The maximum Gasteiger partial charge on any atom is 0.273 e. The third-order valence-corrected chi connectivity index (χ3v) is 11.1. The second-order valence-corrected chi connectivity index (χ2v) is 15.0. The molecule has 0 aromatic heterocycles. The van der Waals surface area contributed by atoms with Gasteiger partial charge >= 0.3 is 0 Å². The van der Waals surface area contributed by atoms with Crippen molar-refractivity contribution in [3.8, 4) is 5.75 Å². The van der Waals surface area contributed by atoms with Gasteiger partial charge in [0.1, 0.15) is 18.3 Å². The van der Waals surface area contributed by atoms with Crippen LogP contribution in [0.3, 0.4) is 0 Å².